The molecule has 1 atom stereocenters. The van der Waals surface area contributed by atoms with Gasteiger partial charge >= 0.3 is 0 Å². The molecule has 0 spiro atoms. The van der Waals surface area contributed by atoms with E-state index >= 15 is 0 Å². The number of guanidine groups is 1. The number of hydrogen-bond donors (Lipinski definition) is 2. The zero-order chi connectivity index (χ0) is 12.4. The van der Waals surface area contributed by atoms with Gasteiger partial charge in [0.1, 0.15) is 6.04 Å². The highest BCUT2D eigenvalue weighted by Crippen LogP contribution is 2.26. The summed E-state index contributed by atoms with van der Waals surface area (Å²) in [5, 5.41) is 5.80. The molecule has 2 N–H and O–H groups in total. The van der Waals surface area contributed by atoms with Crippen LogP contribution in [0.3, 0.4) is 0 Å². The summed E-state index contributed by atoms with van der Waals surface area (Å²) in [6, 6.07) is 5.57. The molecule has 0 bridgehead atoms. The summed E-state index contributed by atoms with van der Waals surface area (Å²) >= 11 is 3.48. The average molecular weight is 296 g/mol. The van der Waals surface area contributed by atoms with Gasteiger partial charge in [0.2, 0.25) is 0 Å². The van der Waals surface area contributed by atoms with Crippen LogP contribution in [0, 0.1) is 6.92 Å². The number of aryl methyl sites for hydroxylation is 1. The van der Waals surface area contributed by atoms with Crippen molar-refractivity contribution >= 4 is 27.8 Å². The fourth-order valence-corrected chi connectivity index (χ4v) is 2.48. The molecule has 1 amide bonds. The second-order valence-corrected chi connectivity index (χ2v) is 4.77. The van der Waals surface area contributed by atoms with E-state index in [-0.39, 0.29) is 11.9 Å². The molecular formula is C12H14BrN3O. The maximum atomic E-state index is 11.8. The van der Waals surface area contributed by atoms with Crippen molar-refractivity contribution < 1.29 is 4.79 Å². The SMILES string of the molecule is CCN=C1NC(=O)C(c2ccc(C)cc2Br)N1. The first kappa shape index (κ1) is 12.1. The summed E-state index contributed by atoms with van der Waals surface area (Å²) in [6.07, 6.45) is 0. The van der Waals surface area contributed by atoms with E-state index in [0.717, 1.165) is 15.6 Å². The Morgan fingerprint density at radius 2 is 2.24 bits per heavy atom. The molecule has 0 aliphatic carbocycles. The van der Waals surface area contributed by atoms with E-state index in [4.69, 9.17) is 0 Å². The highest BCUT2D eigenvalue weighted by atomic mass is 79.9. The number of amides is 1. The lowest BCUT2D eigenvalue weighted by Gasteiger charge is -2.10. The molecule has 1 aliphatic heterocycles. The van der Waals surface area contributed by atoms with Crippen LogP contribution in [0.4, 0.5) is 0 Å². The fourth-order valence-electron chi connectivity index (χ4n) is 1.76. The maximum Gasteiger partial charge on any atom is 0.253 e. The van der Waals surface area contributed by atoms with Crippen LogP contribution in [0.2, 0.25) is 0 Å². The first-order valence-electron chi connectivity index (χ1n) is 5.49. The summed E-state index contributed by atoms with van der Waals surface area (Å²) in [5.41, 5.74) is 2.08. The van der Waals surface area contributed by atoms with Gasteiger partial charge in [-0.3, -0.25) is 15.1 Å². The predicted octanol–water partition coefficient (Wildman–Crippen LogP) is 1.89. The van der Waals surface area contributed by atoms with E-state index in [1.165, 1.54) is 0 Å². The number of rotatable bonds is 2. The van der Waals surface area contributed by atoms with E-state index in [1.807, 2.05) is 32.0 Å². The molecule has 1 saturated heterocycles. The zero-order valence-electron chi connectivity index (χ0n) is 9.75. The highest BCUT2D eigenvalue weighted by molar-refractivity contribution is 9.10. The number of hydrogen-bond acceptors (Lipinski definition) is 2. The van der Waals surface area contributed by atoms with E-state index in [0.29, 0.717) is 12.5 Å². The molecule has 1 aromatic rings. The third kappa shape index (κ3) is 2.49. The monoisotopic (exact) mass is 295 g/mol. The highest BCUT2D eigenvalue weighted by Gasteiger charge is 2.30. The molecule has 1 aliphatic rings. The van der Waals surface area contributed by atoms with Crippen LogP contribution in [0.15, 0.2) is 27.7 Å². The quantitative estimate of drug-likeness (QED) is 0.875. The van der Waals surface area contributed by atoms with Crippen molar-refractivity contribution in [3.05, 3.63) is 33.8 Å². The number of carbonyl (C=O) groups excluding carboxylic acids is 1. The Balaban J connectivity index is 2.29. The van der Waals surface area contributed by atoms with Crippen LogP contribution in [0.5, 0.6) is 0 Å². The number of aliphatic imine (C=N–C) groups is 1. The molecule has 4 nitrogen and oxygen atoms in total. The van der Waals surface area contributed by atoms with Crippen molar-refractivity contribution in [2.24, 2.45) is 4.99 Å². The van der Waals surface area contributed by atoms with Gasteiger partial charge in [0.05, 0.1) is 0 Å². The Kier molecular flexibility index (Phi) is 3.47. The van der Waals surface area contributed by atoms with Crippen molar-refractivity contribution in [3.8, 4) is 0 Å². The Hall–Kier alpha value is -1.36. The Labute approximate surface area is 109 Å². The standard InChI is InChI=1S/C12H14BrN3O/c1-3-14-12-15-10(11(17)16-12)8-5-4-7(2)6-9(8)13/h4-6,10H,3H2,1-2H3,(H2,14,15,16,17). The molecule has 17 heavy (non-hydrogen) atoms. The minimum atomic E-state index is -0.365. The Morgan fingerprint density at radius 3 is 2.88 bits per heavy atom. The van der Waals surface area contributed by atoms with Crippen LogP contribution in [-0.2, 0) is 4.79 Å². The minimum absolute atomic E-state index is 0.0678. The van der Waals surface area contributed by atoms with Gasteiger partial charge in [-0.1, -0.05) is 28.1 Å². The van der Waals surface area contributed by atoms with Gasteiger partial charge in [-0.2, -0.15) is 0 Å². The third-order valence-electron chi connectivity index (χ3n) is 2.57. The normalized spacial score (nSPS) is 21.5. The van der Waals surface area contributed by atoms with E-state index in [9.17, 15) is 4.79 Å². The summed E-state index contributed by atoms with van der Waals surface area (Å²) in [5.74, 6) is 0.483. The first-order chi connectivity index (χ1) is 8.11. The molecule has 90 valence electrons. The maximum absolute atomic E-state index is 11.8. The topological polar surface area (TPSA) is 53.5 Å². The molecule has 2 rings (SSSR count). The van der Waals surface area contributed by atoms with Crippen LogP contribution in [-0.4, -0.2) is 18.4 Å². The molecule has 1 unspecified atom stereocenters. The van der Waals surface area contributed by atoms with Crippen molar-refractivity contribution in [1.29, 1.82) is 0 Å². The lowest BCUT2D eigenvalue weighted by Crippen LogP contribution is -2.25. The molecule has 0 saturated carbocycles. The minimum Gasteiger partial charge on any atom is -0.340 e. The molecule has 5 heteroatoms. The summed E-state index contributed by atoms with van der Waals surface area (Å²) in [4.78, 5) is 16.0. The number of nitrogens with zero attached hydrogens (tertiary/aromatic N) is 1. The second-order valence-electron chi connectivity index (χ2n) is 3.91. The first-order valence-corrected chi connectivity index (χ1v) is 6.29. The number of carbonyl (C=O) groups is 1. The van der Waals surface area contributed by atoms with Gasteiger partial charge in [-0.05, 0) is 31.0 Å². The largest absolute Gasteiger partial charge is 0.340 e. The number of halogens is 1. The Bertz CT molecular complexity index is 485. The van der Waals surface area contributed by atoms with Gasteiger partial charge in [-0.25, -0.2) is 0 Å². The molecule has 1 heterocycles. The smallest absolute Gasteiger partial charge is 0.253 e. The van der Waals surface area contributed by atoms with Crippen LogP contribution in [0.1, 0.15) is 24.1 Å². The van der Waals surface area contributed by atoms with Crippen molar-refractivity contribution in [2.75, 3.05) is 6.54 Å². The van der Waals surface area contributed by atoms with E-state index in [1.54, 1.807) is 0 Å². The fraction of sp³-hybridized carbons (Fsp3) is 0.333. The lowest BCUT2D eigenvalue weighted by molar-refractivity contribution is -0.120. The van der Waals surface area contributed by atoms with Gasteiger partial charge < -0.3 is 5.32 Å². The summed E-state index contributed by atoms with van der Waals surface area (Å²) in [7, 11) is 0. The van der Waals surface area contributed by atoms with Crippen molar-refractivity contribution in [1.82, 2.24) is 10.6 Å². The second kappa shape index (κ2) is 4.87. The van der Waals surface area contributed by atoms with Crippen molar-refractivity contribution in [2.45, 2.75) is 19.9 Å². The number of benzene rings is 1. The molecule has 0 aromatic heterocycles. The van der Waals surface area contributed by atoms with E-state index < -0.39 is 0 Å². The lowest BCUT2D eigenvalue weighted by atomic mass is 10.1. The predicted molar refractivity (Wildman–Crippen MR) is 70.9 cm³/mol. The van der Waals surface area contributed by atoms with Crippen LogP contribution < -0.4 is 10.6 Å². The molecule has 0 radical (unpaired) electrons. The molecular weight excluding hydrogens is 282 g/mol. The molecule has 1 fully saturated rings. The van der Waals surface area contributed by atoms with Crippen molar-refractivity contribution in [3.63, 3.8) is 0 Å². The van der Waals surface area contributed by atoms with Gasteiger partial charge in [0.25, 0.3) is 5.91 Å². The van der Waals surface area contributed by atoms with Crippen LogP contribution in [0.25, 0.3) is 0 Å². The van der Waals surface area contributed by atoms with Gasteiger partial charge in [0, 0.05) is 11.0 Å². The Morgan fingerprint density at radius 1 is 1.47 bits per heavy atom. The van der Waals surface area contributed by atoms with E-state index in [2.05, 4.69) is 31.6 Å². The average Bonchev–Trinajstić information content (AvgIpc) is 2.60. The summed E-state index contributed by atoms with van der Waals surface area (Å²) in [6.45, 7) is 4.58. The third-order valence-corrected chi connectivity index (χ3v) is 3.25. The number of nitrogens with one attached hydrogen (secondary N) is 2. The van der Waals surface area contributed by atoms with Crippen LogP contribution >= 0.6 is 15.9 Å². The molecule has 1 aromatic carbocycles. The van der Waals surface area contributed by atoms with Gasteiger partial charge in [-0.15, -0.1) is 0 Å². The summed E-state index contributed by atoms with van der Waals surface area (Å²) < 4.78 is 0.933. The van der Waals surface area contributed by atoms with Gasteiger partial charge in [0.15, 0.2) is 5.96 Å². The zero-order valence-corrected chi connectivity index (χ0v) is 11.3.